The van der Waals surface area contributed by atoms with Gasteiger partial charge in [-0.2, -0.15) is 0 Å². The molecule has 49 heavy (non-hydrogen) atoms. The lowest BCUT2D eigenvalue weighted by Crippen LogP contribution is -2.53. The SMILES string of the molecule is C=C1CC[C@@H]2[C@](C)(CCC[C@]2(C)C(=O)OC)[C@H]1CCc1ccoc1[C@@H]1c2[nH]c3ccccc3c2C[C@H](C(=O)OC)N1C(=O)c1ccccc1. The maximum Gasteiger partial charge on any atom is 0.328 e. The number of aryl methyl sites for hydroxylation is 1. The number of allylic oxidation sites excluding steroid dienone is 1. The molecule has 2 aromatic heterocycles. The number of esters is 2. The normalized spacial score (nSPS) is 28.1. The molecule has 2 saturated carbocycles. The quantitative estimate of drug-likeness (QED) is 0.159. The van der Waals surface area contributed by atoms with E-state index in [1.807, 2.05) is 48.5 Å². The molecular formula is C41H46N2O6. The van der Waals surface area contributed by atoms with Gasteiger partial charge >= 0.3 is 11.9 Å². The Labute approximate surface area is 287 Å². The predicted octanol–water partition coefficient (Wildman–Crippen LogP) is 7.97. The Morgan fingerprint density at radius 2 is 1.76 bits per heavy atom. The molecule has 0 bridgehead atoms. The molecule has 0 spiro atoms. The monoisotopic (exact) mass is 662 g/mol. The molecular weight excluding hydrogens is 616 g/mol. The summed E-state index contributed by atoms with van der Waals surface area (Å²) in [7, 11) is 2.87. The third kappa shape index (κ3) is 5.31. The van der Waals surface area contributed by atoms with Gasteiger partial charge in [0, 0.05) is 22.9 Å². The summed E-state index contributed by atoms with van der Waals surface area (Å²) in [5.41, 5.74) is 4.85. The molecule has 3 aliphatic rings. The average molecular weight is 663 g/mol. The molecule has 1 amide bonds. The van der Waals surface area contributed by atoms with Crippen LogP contribution in [0.25, 0.3) is 10.9 Å². The van der Waals surface area contributed by atoms with E-state index in [9.17, 15) is 14.4 Å². The van der Waals surface area contributed by atoms with Crippen LogP contribution in [0.5, 0.6) is 0 Å². The molecule has 8 heteroatoms. The molecule has 2 aliphatic carbocycles. The first-order chi connectivity index (χ1) is 23.6. The van der Waals surface area contributed by atoms with Crippen LogP contribution >= 0.6 is 0 Å². The Hall–Kier alpha value is -4.59. The first-order valence-electron chi connectivity index (χ1n) is 17.5. The standard InChI is InChI=1S/C41H46N2O6/c1-25-16-19-33-40(2,21-11-22-41(33,3)39(46)48-5)30(25)18-17-26-20-23-49-36(26)35-34-29(28-14-9-10-15-31(28)42-34)24-32(38(45)47-4)43(35)37(44)27-12-7-6-8-13-27/h6-10,12-15,20,23,30,32-33,35,42H,1,11,16-19,21-22,24H2,2-5H3/t30-,32+,33+,35-,40+,41-/m0/s1. The summed E-state index contributed by atoms with van der Waals surface area (Å²) < 4.78 is 17.0. The van der Waals surface area contributed by atoms with Crippen molar-refractivity contribution in [2.24, 2.45) is 22.7 Å². The highest BCUT2D eigenvalue weighted by atomic mass is 16.5. The van der Waals surface area contributed by atoms with Gasteiger partial charge in [0.25, 0.3) is 5.91 Å². The van der Waals surface area contributed by atoms with E-state index in [-0.39, 0.29) is 29.1 Å². The van der Waals surface area contributed by atoms with E-state index in [1.165, 1.54) is 19.8 Å². The summed E-state index contributed by atoms with van der Waals surface area (Å²) in [5, 5.41) is 1.01. The Balaban J connectivity index is 1.29. The van der Waals surface area contributed by atoms with Gasteiger partial charge in [-0.15, -0.1) is 0 Å². The third-order valence-electron chi connectivity index (χ3n) is 12.3. The van der Waals surface area contributed by atoms with Crippen molar-refractivity contribution in [3.8, 4) is 0 Å². The number of carbonyl (C=O) groups excluding carboxylic acids is 3. The van der Waals surface area contributed by atoms with Gasteiger partial charge in [-0.25, -0.2) is 4.79 Å². The fourth-order valence-corrected chi connectivity index (χ4v) is 9.92. The molecule has 0 saturated heterocycles. The number of ether oxygens (including phenoxy) is 2. The number of furan rings is 1. The number of H-pyrrole nitrogens is 1. The van der Waals surface area contributed by atoms with Crippen LogP contribution in [-0.4, -0.2) is 48.0 Å². The van der Waals surface area contributed by atoms with Crippen molar-refractivity contribution in [2.75, 3.05) is 14.2 Å². The molecule has 4 aromatic rings. The number of methoxy groups -OCH3 is 2. The van der Waals surface area contributed by atoms with Crippen LogP contribution in [0, 0.1) is 22.7 Å². The molecule has 256 valence electrons. The van der Waals surface area contributed by atoms with Crippen molar-refractivity contribution in [3.63, 3.8) is 0 Å². The van der Waals surface area contributed by atoms with Crippen molar-refractivity contribution in [3.05, 3.63) is 107 Å². The van der Waals surface area contributed by atoms with Crippen LogP contribution in [0.15, 0.2) is 83.5 Å². The lowest BCUT2D eigenvalue weighted by molar-refractivity contribution is -0.168. The molecule has 7 rings (SSSR count). The summed E-state index contributed by atoms with van der Waals surface area (Å²) in [6.07, 6.45) is 8.19. The Kier molecular flexibility index (Phi) is 8.54. The number of hydrogen-bond donors (Lipinski definition) is 1. The molecule has 1 aliphatic heterocycles. The Bertz CT molecular complexity index is 1910. The molecule has 2 aromatic carbocycles. The Morgan fingerprint density at radius 1 is 1.00 bits per heavy atom. The van der Waals surface area contributed by atoms with E-state index in [1.54, 1.807) is 23.3 Å². The molecule has 2 fully saturated rings. The van der Waals surface area contributed by atoms with Crippen molar-refractivity contribution < 1.29 is 28.3 Å². The lowest BCUT2D eigenvalue weighted by Gasteiger charge is -2.57. The summed E-state index contributed by atoms with van der Waals surface area (Å²) in [4.78, 5) is 46.4. The number of aromatic nitrogens is 1. The summed E-state index contributed by atoms with van der Waals surface area (Å²) >= 11 is 0. The highest BCUT2D eigenvalue weighted by Crippen LogP contribution is 2.62. The van der Waals surface area contributed by atoms with E-state index >= 15 is 0 Å². The zero-order valence-corrected chi connectivity index (χ0v) is 28.9. The molecule has 1 N–H and O–H groups in total. The molecule has 0 radical (unpaired) electrons. The number of aromatic amines is 1. The minimum absolute atomic E-state index is 0.0963. The first-order valence-corrected chi connectivity index (χ1v) is 17.5. The van der Waals surface area contributed by atoms with Crippen molar-refractivity contribution >= 4 is 28.7 Å². The van der Waals surface area contributed by atoms with Gasteiger partial charge in [0.05, 0.1) is 31.6 Å². The van der Waals surface area contributed by atoms with Crippen LogP contribution in [-0.2, 0) is 31.9 Å². The Morgan fingerprint density at radius 3 is 2.51 bits per heavy atom. The predicted molar refractivity (Wildman–Crippen MR) is 187 cm³/mol. The van der Waals surface area contributed by atoms with E-state index in [2.05, 4.69) is 25.4 Å². The third-order valence-corrected chi connectivity index (χ3v) is 12.3. The van der Waals surface area contributed by atoms with Gasteiger partial charge in [-0.3, -0.25) is 9.59 Å². The number of fused-ring (bicyclic) bond motifs is 4. The zero-order valence-electron chi connectivity index (χ0n) is 28.9. The average Bonchev–Trinajstić information content (AvgIpc) is 3.74. The number of hydrogen-bond acceptors (Lipinski definition) is 6. The first kappa shape index (κ1) is 32.9. The van der Waals surface area contributed by atoms with Gasteiger partial charge in [-0.05, 0) is 98.1 Å². The van der Waals surface area contributed by atoms with Crippen molar-refractivity contribution in [1.82, 2.24) is 9.88 Å². The van der Waals surface area contributed by atoms with Gasteiger partial charge in [0.15, 0.2) is 0 Å². The highest BCUT2D eigenvalue weighted by Gasteiger charge is 2.57. The minimum Gasteiger partial charge on any atom is -0.469 e. The van der Waals surface area contributed by atoms with E-state index in [0.717, 1.165) is 66.2 Å². The van der Waals surface area contributed by atoms with Crippen LogP contribution in [0.4, 0.5) is 0 Å². The van der Waals surface area contributed by atoms with Gasteiger partial charge < -0.3 is 23.8 Å². The van der Waals surface area contributed by atoms with Crippen LogP contribution in [0.3, 0.4) is 0 Å². The van der Waals surface area contributed by atoms with Crippen molar-refractivity contribution in [2.45, 2.75) is 77.3 Å². The number of carbonyl (C=O) groups is 3. The van der Waals surface area contributed by atoms with E-state index in [0.29, 0.717) is 24.2 Å². The second-order valence-corrected chi connectivity index (χ2v) is 14.7. The molecule has 0 unspecified atom stereocenters. The van der Waals surface area contributed by atoms with Gasteiger partial charge in [0.1, 0.15) is 17.8 Å². The second kappa shape index (κ2) is 12.7. The zero-order chi connectivity index (χ0) is 34.5. The second-order valence-electron chi connectivity index (χ2n) is 14.7. The topological polar surface area (TPSA) is 102 Å². The molecule has 8 nitrogen and oxygen atoms in total. The fraction of sp³-hybridized carbons (Fsp3) is 0.439. The minimum atomic E-state index is -0.858. The maximum absolute atomic E-state index is 14.5. The number of nitrogens with one attached hydrogen (secondary N) is 1. The summed E-state index contributed by atoms with van der Waals surface area (Å²) in [6, 6.07) is 17.5. The number of amides is 1. The smallest absolute Gasteiger partial charge is 0.328 e. The fourth-order valence-electron chi connectivity index (χ4n) is 9.92. The van der Waals surface area contributed by atoms with Gasteiger partial charge in [0.2, 0.25) is 0 Å². The number of nitrogens with zero attached hydrogens (tertiary/aromatic N) is 1. The summed E-state index contributed by atoms with van der Waals surface area (Å²) in [5.74, 6) is 0.193. The number of rotatable bonds is 7. The van der Waals surface area contributed by atoms with Gasteiger partial charge in [-0.1, -0.05) is 61.9 Å². The highest BCUT2D eigenvalue weighted by molar-refractivity contribution is 5.98. The molecule has 3 heterocycles. The van der Waals surface area contributed by atoms with Crippen LogP contribution in [0.1, 0.15) is 91.4 Å². The van der Waals surface area contributed by atoms with Crippen LogP contribution < -0.4 is 0 Å². The lowest BCUT2D eigenvalue weighted by atomic mass is 9.46. The largest absolute Gasteiger partial charge is 0.469 e. The van der Waals surface area contributed by atoms with Crippen molar-refractivity contribution in [1.29, 1.82) is 0 Å². The number of benzene rings is 2. The number of para-hydroxylation sites is 1. The van der Waals surface area contributed by atoms with Crippen LogP contribution in [0.2, 0.25) is 0 Å². The summed E-state index contributed by atoms with van der Waals surface area (Å²) in [6.45, 7) is 9.01. The molecule has 6 atom stereocenters. The van der Waals surface area contributed by atoms with E-state index in [4.69, 9.17) is 13.9 Å². The van der Waals surface area contributed by atoms with E-state index < -0.39 is 23.5 Å². The maximum atomic E-state index is 14.5.